The number of unbranched alkanes of at least 4 members (excludes halogenated alkanes) is 6. The zero-order valence-corrected chi connectivity index (χ0v) is 15.2. The van der Waals surface area contributed by atoms with E-state index in [9.17, 15) is 14.7 Å². The maximum absolute atomic E-state index is 12.1. The Kier molecular flexibility index (Phi) is 9.29. The smallest absolute Gasteiger partial charge is 0.338 e. The van der Waals surface area contributed by atoms with Crippen LogP contribution >= 0.6 is 0 Å². The quantitative estimate of drug-likeness (QED) is 0.430. The minimum Gasteiger partial charge on any atom is -0.479 e. The van der Waals surface area contributed by atoms with Crippen molar-refractivity contribution in [2.24, 2.45) is 0 Å². The van der Waals surface area contributed by atoms with Crippen molar-refractivity contribution in [1.82, 2.24) is 0 Å². The number of ether oxygens (including phenoxy) is 3. The number of hydrogen-bond acceptors (Lipinski definition) is 5. The third-order valence-corrected chi connectivity index (χ3v) is 4.23. The molecule has 0 aromatic carbocycles. The van der Waals surface area contributed by atoms with Crippen LogP contribution in [0.2, 0.25) is 0 Å². The van der Waals surface area contributed by atoms with Gasteiger partial charge in [-0.3, -0.25) is 0 Å². The normalized spacial score (nSPS) is 26.5. The van der Waals surface area contributed by atoms with Crippen molar-refractivity contribution in [2.45, 2.75) is 96.6 Å². The van der Waals surface area contributed by atoms with Crippen LogP contribution in [0, 0.1) is 0 Å². The van der Waals surface area contributed by atoms with Crippen molar-refractivity contribution in [3.05, 3.63) is 0 Å². The summed E-state index contributed by atoms with van der Waals surface area (Å²) in [4.78, 5) is 23.5. The molecule has 1 heterocycles. The molecule has 1 N–H and O–H groups in total. The summed E-state index contributed by atoms with van der Waals surface area (Å²) < 4.78 is 16.3. The van der Waals surface area contributed by atoms with Crippen LogP contribution in [-0.2, 0) is 23.8 Å². The standard InChI is InChI=1S/C18H32O6/c1-4-6-8-9-10-11-12-18(3)23-14(16(19)20)15(24-18)17(21)22-13-7-5-2/h14-15H,4-13H2,1-3H3,(H,19,20). The van der Waals surface area contributed by atoms with E-state index in [4.69, 9.17) is 14.2 Å². The van der Waals surface area contributed by atoms with Crippen LogP contribution in [0.3, 0.4) is 0 Å². The second-order valence-corrected chi connectivity index (χ2v) is 6.59. The van der Waals surface area contributed by atoms with Gasteiger partial charge in [0.2, 0.25) is 0 Å². The summed E-state index contributed by atoms with van der Waals surface area (Å²) in [6.45, 7) is 6.14. The molecule has 0 bridgehead atoms. The van der Waals surface area contributed by atoms with Crippen LogP contribution in [0.25, 0.3) is 0 Å². The Labute approximate surface area is 144 Å². The van der Waals surface area contributed by atoms with E-state index in [1.807, 2.05) is 6.92 Å². The molecule has 1 fully saturated rings. The van der Waals surface area contributed by atoms with E-state index in [-0.39, 0.29) is 6.61 Å². The predicted molar refractivity (Wildman–Crippen MR) is 89.6 cm³/mol. The fourth-order valence-corrected chi connectivity index (χ4v) is 2.78. The van der Waals surface area contributed by atoms with Gasteiger partial charge in [-0.25, -0.2) is 9.59 Å². The van der Waals surface area contributed by atoms with Crippen LogP contribution in [0.15, 0.2) is 0 Å². The highest BCUT2D eigenvalue weighted by atomic mass is 16.8. The Balaban J connectivity index is 2.49. The molecule has 1 aliphatic heterocycles. The predicted octanol–water partition coefficient (Wildman–Crippen LogP) is 3.67. The van der Waals surface area contributed by atoms with Crippen LogP contribution in [-0.4, -0.2) is 41.6 Å². The molecule has 6 heteroatoms. The number of carboxylic acids is 1. The summed E-state index contributed by atoms with van der Waals surface area (Å²) in [5, 5.41) is 9.29. The second-order valence-electron chi connectivity index (χ2n) is 6.59. The number of rotatable bonds is 12. The number of carbonyl (C=O) groups excluding carboxylic acids is 1. The number of carboxylic acid groups (broad SMARTS) is 1. The van der Waals surface area contributed by atoms with Crippen LogP contribution in [0.4, 0.5) is 0 Å². The van der Waals surface area contributed by atoms with Crippen LogP contribution in [0.1, 0.15) is 78.6 Å². The molecule has 1 rings (SSSR count). The number of carbonyl (C=O) groups is 2. The van der Waals surface area contributed by atoms with Crippen LogP contribution < -0.4 is 0 Å². The van der Waals surface area contributed by atoms with Gasteiger partial charge < -0.3 is 19.3 Å². The molecule has 0 radical (unpaired) electrons. The third kappa shape index (κ3) is 6.77. The van der Waals surface area contributed by atoms with E-state index in [2.05, 4.69) is 6.92 Å². The number of hydrogen-bond donors (Lipinski definition) is 1. The minimum absolute atomic E-state index is 0.273. The van der Waals surface area contributed by atoms with Crippen molar-refractivity contribution in [3.63, 3.8) is 0 Å². The highest BCUT2D eigenvalue weighted by Crippen LogP contribution is 2.34. The fourth-order valence-electron chi connectivity index (χ4n) is 2.78. The van der Waals surface area contributed by atoms with Crippen molar-refractivity contribution in [3.8, 4) is 0 Å². The first-order valence-corrected chi connectivity index (χ1v) is 9.18. The van der Waals surface area contributed by atoms with E-state index < -0.39 is 29.9 Å². The SMILES string of the molecule is CCCCCCCCC1(C)OC(C(=O)O)C(C(=O)OCCCC)O1. The zero-order chi connectivity index (χ0) is 18.0. The third-order valence-electron chi connectivity index (χ3n) is 4.23. The van der Waals surface area contributed by atoms with E-state index >= 15 is 0 Å². The maximum Gasteiger partial charge on any atom is 0.338 e. The zero-order valence-electron chi connectivity index (χ0n) is 15.2. The topological polar surface area (TPSA) is 82.1 Å². The molecule has 0 amide bonds. The first-order chi connectivity index (χ1) is 11.4. The van der Waals surface area contributed by atoms with E-state index in [1.165, 1.54) is 19.3 Å². The molecule has 0 aromatic rings. The van der Waals surface area contributed by atoms with Gasteiger partial charge in [0.05, 0.1) is 6.61 Å². The summed E-state index contributed by atoms with van der Waals surface area (Å²) in [5.74, 6) is -2.89. The maximum atomic E-state index is 12.1. The molecule has 0 spiro atoms. The van der Waals surface area contributed by atoms with Gasteiger partial charge in [-0.15, -0.1) is 0 Å². The molecule has 3 atom stereocenters. The number of aliphatic carboxylic acids is 1. The summed E-state index contributed by atoms with van der Waals surface area (Å²) in [6.07, 6.45) is 6.43. The molecule has 140 valence electrons. The van der Waals surface area contributed by atoms with Gasteiger partial charge in [0.1, 0.15) is 0 Å². The van der Waals surface area contributed by atoms with Gasteiger partial charge in [-0.1, -0.05) is 52.4 Å². The molecule has 0 aromatic heterocycles. The average Bonchev–Trinajstić information content (AvgIpc) is 2.90. The molecule has 0 aliphatic carbocycles. The molecule has 24 heavy (non-hydrogen) atoms. The Hall–Kier alpha value is -1.14. The Morgan fingerprint density at radius 1 is 0.958 bits per heavy atom. The van der Waals surface area contributed by atoms with Crippen LogP contribution in [0.5, 0.6) is 0 Å². The molecule has 3 unspecified atom stereocenters. The van der Waals surface area contributed by atoms with E-state index in [0.717, 1.165) is 32.1 Å². The molecule has 0 saturated carbocycles. The summed E-state index contributed by atoms with van der Waals surface area (Å²) in [7, 11) is 0. The lowest BCUT2D eigenvalue weighted by molar-refractivity contribution is -0.183. The van der Waals surface area contributed by atoms with Crippen molar-refractivity contribution in [1.29, 1.82) is 0 Å². The second kappa shape index (κ2) is 10.7. The Bertz CT molecular complexity index is 397. The first kappa shape index (κ1) is 20.9. The molecular formula is C18H32O6. The molecular weight excluding hydrogens is 312 g/mol. The van der Waals surface area contributed by atoms with Crippen molar-refractivity contribution >= 4 is 11.9 Å². The highest BCUT2D eigenvalue weighted by molar-refractivity contribution is 5.85. The molecule has 1 saturated heterocycles. The Morgan fingerprint density at radius 2 is 1.54 bits per heavy atom. The van der Waals surface area contributed by atoms with Gasteiger partial charge in [0.15, 0.2) is 18.0 Å². The Morgan fingerprint density at radius 3 is 2.17 bits per heavy atom. The monoisotopic (exact) mass is 344 g/mol. The summed E-state index contributed by atoms with van der Waals surface area (Å²) in [5.41, 5.74) is 0. The summed E-state index contributed by atoms with van der Waals surface area (Å²) >= 11 is 0. The van der Waals surface area contributed by atoms with Gasteiger partial charge in [0.25, 0.3) is 0 Å². The number of esters is 1. The lowest BCUT2D eigenvalue weighted by atomic mass is 10.1. The van der Waals surface area contributed by atoms with Gasteiger partial charge >= 0.3 is 11.9 Å². The lowest BCUT2D eigenvalue weighted by Gasteiger charge is -2.22. The largest absolute Gasteiger partial charge is 0.479 e. The minimum atomic E-state index is -1.30. The van der Waals surface area contributed by atoms with Gasteiger partial charge in [-0.05, 0) is 19.8 Å². The molecule has 6 nitrogen and oxygen atoms in total. The van der Waals surface area contributed by atoms with Crippen molar-refractivity contribution in [2.75, 3.05) is 6.61 Å². The highest BCUT2D eigenvalue weighted by Gasteiger charge is 2.51. The lowest BCUT2D eigenvalue weighted by Crippen LogP contribution is -2.38. The fraction of sp³-hybridized carbons (Fsp3) is 0.889. The van der Waals surface area contributed by atoms with E-state index in [0.29, 0.717) is 6.42 Å². The van der Waals surface area contributed by atoms with Crippen molar-refractivity contribution < 1.29 is 28.9 Å². The van der Waals surface area contributed by atoms with E-state index in [1.54, 1.807) is 6.92 Å². The molecule has 1 aliphatic rings. The summed E-state index contributed by atoms with van der Waals surface area (Å²) in [6, 6.07) is 0. The average molecular weight is 344 g/mol. The first-order valence-electron chi connectivity index (χ1n) is 9.18. The van der Waals surface area contributed by atoms with Gasteiger partial charge in [-0.2, -0.15) is 0 Å². The van der Waals surface area contributed by atoms with Gasteiger partial charge in [0, 0.05) is 6.42 Å².